The van der Waals surface area contributed by atoms with Crippen molar-refractivity contribution in [3.05, 3.63) is 17.5 Å². The van der Waals surface area contributed by atoms with Crippen LogP contribution in [0.4, 0.5) is 5.95 Å². The maximum atomic E-state index is 4.48. The Morgan fingerprint density at radius 1 is 1.43 bits per heavy atom. The van der Waals surface area contributed by atoms with E-state index < -0.39 is 0 Å². The van der Waals surface area contributed by atoms with Gasteiger partial charge < -0.3 is 5.32 Å². The molecule has 0 bridgehead atoms. The zero-order valence-corrected chi connectivity index (χ0v) is 9.09. The molecule has 76 valence electrons. The van der Waals surface area contributed by atoms with Crippen molar-refractivity contribution in [3.8, 4) is 0 Å². The lowest BCUT2D eigenvalue weighted by atomic mass is 9.76. The van der Waals surface area contributed by atoms with E-state index in [9.17, 15) is 0 Å². The van der Waals surface area contributed by atoms with Gasteiger partial charge in [0.2, 0.25) is 5.95 Å². The molecule has 0 saturated heterocycles. The largest absolute Gasteiger partial charge is 0.357 e. The van der Waals surface area contributed by atoms with Crippen LogP contribution < -0.4 is 5.32 Å². The van der Waals surface area contributed by atoms with Crippen LogP contribution in [-0.4, -0.2) is 17.0 Å². The third-order valence-corrected chi connectivity index (χ3v) is 2.89. The van der Waals surface area contributed by atoms with E-state index in [1.807, 2.05) is 13.2 Å². The molecule has 1 aromatic heterocycles. The van der Waals surface area contributed by atoms with Crippen molar-refractivity contribution in [2.45, 2.75) is 33.1 Å². The smallest absolute Gasteiger partial charge is 0.222 e. The molecule has 14 heavy (non-hydrogen) atoms. The SMILES string of the molecule is CNc1ncc2c(n1)CCC(C)(C)C2. The van der Waals surface area contributed by atoms with E-state index >= 15 is 0 Å². The van der Waals surface area contributed by atoms with Crippen LogP contribution in [0.2, 0.25) is 0 Å². The Labute approximate surface area is 85.0 Å². The third-order valence-electron chi connectivity index (χ3n) is 2.89. The number of nitrogens with one attached hydrogen (secondary N) is 1. The fraction of sp³-hybridized carbons (Fsp3) is 0.636. The van der Waals surface area contributed by atoms with Gasteiger partial charge in [-0.3, -0.25) is 0 Å². The van der Waals surface area contributed by atoms with Gasteiger partial charge in [0.15, 0.2) is 0 Å². The predicted octanol–water partition coefficient (Wildman–Crippen LogP) is 2.03. The van der Waals surface area contributed by atoms with Crippen molar-refractivity contribution in [2.24, 2.45) is 5.41 Å². The first kappa shape index (κ1) is 9.44. The number of hydrogen-bond acceptors (Lipinski definition) is 3. The van der Waals surface area contributed by atoms with E-state index in [1.54, 1.807) is 0 Å². The van der Waals surface area contributed by atoms with E-state index in [0.717, 1.165) is 18.8 Å². The molecule has 0 spiro atoms. The first-order valence-corrected chi connectivity index (χ1v) is 5.13. The van der Waals surface area contributed by atoms with E-state index in [2.05, 4.69) is 29.1 Å². The van der Waals surface area contributed by atoms with Gasteiger partial charge in [-0.2, -0.15) is 0 Å². The summed E-state index contributed by atoms with van der Waals surface area (Å²) in [6.45, 7) is 4.61. The highest BCUT2D eigenvalue weighted by Gasteiger charge is 2.26. The molecule has 1 aliphatic carbocycles. The molecule has 3 heteroatoms. The van der Waals surface area contributed by atoms with Crippen molar-refractivity contribution >= 4 is 5.95 Å². The number of anilines is 1. The highest BCUT2D eigenvalue weighted by Crippen LogP contribution is 2.33. The molecule has 0 aromatic carbocycles. The summed E-state index contributed by atoms with van der Waals surface area (Å²) in [5, 5.41) is 2.98. The number of nitrogens with zero attached hydrogens (tertiary/aromatic N) is 2. The lowest BCUT2D eigenvalue weighted by molar-refractivity contribution is 0.311. The number of aromatic nitrogens is 2. The van der Waals surface area contributed by atoms with E-state index in [4.69, 9.17) is 0 Å². The normalized spacial score (nSPS) is 18.8. The Balaban J connectivity index is 2.32. The van der Waals surface area contributed by atoms with Gasteiger partial charge in [-0.1, -0.05) is 13.8 Å². The second kappa shape index (κ2) is 3.23. The lowest BCUT2D eigenvalue weighted by Gasteiger charge is -2.30. The van der Waals surface area contributed by atoms with Crippen molar-refractivity contribution in [2.75, 3.05) is 12.4 Å². The molecule has 0 aliphatic heterocycles. The first-order chi connectivity index (χ1) is 6.61. The summed E-state index contributed by atoms with van der Waals surface area (Å²) in [4.78, 5) is 8.73. The Morgan fingerprint density at radius 3 is 2.93 bits per heavy atom. The summed E-state index contributed by atoms with van der Waals surface area (Å²) in [7, 11) is 1.86. The van der Waals surface area contributed by atoms with Crippen LogP contribution in [0.1, 0.15) is 31.5 Å². The topological polar surface area (TPSA) is 37.8 Å². The molecular formula is C11H17N3. The summed E-state index contributed by atoms with van der Waals surface area (Å²) < 4.78 is 0. The Hall–Kier alpha value is -1.12. The highest BCUT2D eigenvalue weighted by atomic mass is 15.1. The molecular weight excluding hydrogens is 174 g/mol. The Bertz CT molecular complexity index is 344. The van der Waals surface area contributed by atoms with Gasteiger partial charge in [0.05, 0.1) is 0 Å². The van der Waals surface area contributed by atoms with Crippen LogP contribution in [0.3, 0.4) is 0 Å². The molecule has 1 aromatic rings. The summed E-state index contributed by atoms with van der Waals surface area (Å²) in [5.74, 6) is 0.739. The number of rotatable bonds is 1. The van der Waals surface area contributed by atoms with Crippen molar-refractivity contribution in [3.63, 3.8) is 0 Å². The average Bonchev–Trinajstić information content (AvgIpc) is 2.16. The molecule has 2 rings (SSSR count). The van der Waals surface area contributed by atoms with Crippen molar-refractivity contribution in [1.29, 1.82) is 0 Å². The van der Waals surface area contributed by atoms with Gasteiger partial charge in [-0.05, 0) is 30.2 Å². The quantitative estimate of drug-likeness (QED) is 0.738. The van der Waals surface area contributed by atoms with Gasteiger partial charge >= 0.3 is 0 Å². The molecule has 1 heterocycles. The standard InChI is InChI=1S/C11H17N3/c1-11(2)5-4-9-8(6-11)7-13-10(12-3)14-9/h7H,4-6H2,1-3H3,(H,12,13,14). The van der Waals surface area contributed by atoms with Crippen molar-refractivity contribution < 1.29 is 0 Å². The van der Waals surface area contributed by atoms with E-state index in [-0.39, 0.29) is 0 Å². The average molecular weight is 191 g/mol. The van der Waals surface area contributed by atoms with Crippen LogP contribution in [0.15, 0.2) is 6.20 Å². The molecule has 0 saturated carbocycles. The minimum atomic E-state index is 0.414. The fourth-order valence-electron chi connectivity index (χ4n) is 1.99. The summed E-state index contributed by atoms with van der Waals surface area (Å²) >= 11 is 0. The second-order valence-electron chi connectivity index (χ2n) is 4.76. The molecule has 1 N–H and O–H groups in total. The summed E-state index contributed by atoms with van der Waals surface area (Å²) in [6.07, 6.45) is 5.38. The lowest BCUT2D eigenvalue weighted by Crippen LogP contribution is -2.23. The summed E-state index contributed by atoms with van der Waals surface area (Å²) in [5.41, 5.74) is 2.96. The monoisotopic (exact) mass is 191 g/mol. The molecule has 0 atom stereocenters. The second-order valence-corrected chi connectivity index (χ2v) is 4.76. The maximum Gasteiger partial charge on any atom is 0.222 e. The maximum absolute atomic E-state index is 4.48. The molecule has 3 nitrogen and oxygen atoms in total. The Morgan fingerprint density at radius 2 is 2.21 bits per heavy atom. The minimum absolute atomic E-state index is 0.414. The van der Waals surface area contributed by atoms with Crippen molar-refractivity contribution in [1.82, 2.24) is 9.97 Å². The third kappa shape index (κ3) is 1.72. The van der Waals surface area contributed by atoms with Crippen LogP contribution in [0.5, 0.6) is 0 Å². The molecule has 0 fully saturated rings. The van der Waals surface area contributed by atoms with E-state index in [1.165, 1.54) is 17.7 Å². The van der Waals surface area contributed by atoms with Gasteiger partial charge in [-0.15, -0.1) is 0 Å². The minimum Gasteiger partial charge on any atom is -0.357 e. The number of hydrogen-bond donors (Lipinski definition) is 1. The molecule has 0 unspecified atom stereocenters. The van der Waals surface area contributed by atoms with Gasteiger partial charge in [0.25, 0.3) is 0 Å². The van der Waals surface area contributed by atoms with Crippen LogP contribution in [0, 0.1) is 5.41 Å². The zero-order chi connectivity index (χ0) is 10.2. The predicted molar refractivity (Wildman–Crippen MR) is 57.4 cm³/mol. The van der Waals surface area contributed by atoms with Gasteiger partial charge in [-0.25, -0.2) is 9.97 Å². The molecule has 0 amide bonds. The van der Waals surface area contributed by atoms with Crippen LogP contribution >= 0.6 is 0 Å². The number of fused-ring (bicyclic) bond motifs is 1. The Kier molecular flexibility index (Phi) is 2.17. The van der Waals surface area contributed by atoms with Gasteiger partial charge in [0, 0.05) is 18.9 Å². The molecule has 1 aliphatic rings. The molecule has 0 radical (unpaired) electrons. The van der Waals surface area contributed by atoms with E-state index in [0.29, 0.717) is 5.41 Å². The zero-order valence-electron chi connectivity index (χ0n) is 9.09. The van der Waals surface area contributed by atoms with Gasteiger partial charge in [0.1, 0.15) is 0 Å². The summed E-state index contributed by atoms with van der Waals surface area (Å²) in [6, 6.07) is 0. The first-order valence-electron chi connectivity index (χ1n) is 5.13. The van der Waals surface area contributed by atoms with Crippen LogP contribution in [0.25, 0.3) is 0 Å². The van der Waals surface area contributed by atoms with Crippen LogP contribution in [-0.2, 0) is 12.8 Å². The highest BCUT2D eigenvalue weighted by molar-refractivity contribution is 5.31. The fourth-order valence-corrected chi connectivity index (χ4v) is 1.99. The number of aryl methyl sites for hydroxylation is 1.